The van der Waals surface area contributed by atoms with E-state index in [0.717, 1.165) is 16.7 Å². The van der Waals surface area contributed by atoms with E-state index in [0.29, 0.717) is 37.6 Å². The van der Waals surface area contributed by atoms with Crippen LogP contribution in [0, 0.1) is 27.7 Å². The van der Waals surface area contributed by atoms with Crippen LogP contribution in [0.15, 0.2) is 35.2 Å². The second-order valence-corrected chi connectivity index (χ2v) is 8.97. The molecule has 1 heterocycles. The maximum absolute atomic E-state index is 12.9. The summed E-state index contributed by atoms with van der Waals surface area (Å²) in [4.78, 5) is 12.9. The fourth-order valence-corrected chi connectivity index (χ4v) is 4.58. The van der Waals surface area contributed by atoms with Crippen LogP contribution >= 0.6 is 0 Å². The van der Waals surface area contributed by atoms with Gasteiger partial charge in [-0.3, -0.25) is 0 Å². The zero-order valence-corrected chi connectivity index (χ0v) is 17.4. The monoisotopic (exact) mass is 403 g/mol. The molecule has 0 amide bonds. The maximum atomic E-state index is 12.9. The highest BCUT2D eigenvalue weighted by molar-refractivity contribution is 7.89. The predicted octanol–water partition coefficient (Wildman–Crippen LogP) is 3.16. The first-order chi connectivity index (χ1) is 13.2. The van der Waals surface area contributed by atoms with Crippen LogP contribution in [0.5, 0.6) is 5.75 Å². The summed E-state index contributed by atoms with van der Waals surface area (Å²) in [6, 6.07) is 8.45. The summed E-state index contributed by atoms with van der Waals surface area (Å²) in [6.07, 6.45) is 0. The van der Waals surface area contributed by atoms with Crippen LogP contribution in [0.2, 0.25) is 0 Å². The van der Waals surface area contributed by atoms with Gasteiger partial charge in [0.05, 0.1) is 23.7 Å². The van der Waals surface area contributed by atoms with Gasteiger partial charge in [-0.25, -0.2) is 13.2 Å². The van der Waals surface area contributed by atoms with Gasteiger partial charge < -0.3 is 9.47 Å². The lowest BCUT2D eigenvalue weighted by Crippen LogP contribution is -2.40. The first kappa shape index (κ1) is 20.5. The SMILES string of the molecule is Cc1ccc(S(=O)(=O)N2CCOCC2)cc1C(=O)Oc1c(C)ccc(C)c1C. The molecule has 6 nitrogen and oxygen atoms in total. The fraction of sp³-hybridized carbons (Fsp3) is 0.381. The van der Waals surface area contributed by atoms with Crippen molar-refractivity contribution in [2.45, 2.75) is 32.6 Å². The third-order valence-electron chi connectivity index (χ3n) is 5.11. The quantitative estimate of drug-likeness (QED) is 0.579. The molecule has 7 heteroatoms. The topological polar surface area (TPSA) is 72.9 Å². The minimum absolute atomic E-state index is 0.0876. The number of esters is 1. The normalized spacial score (nSPS) is 15.4. The number of sulfonamides is 1. The summed E-state index contributed by atoms with van der Waals surface area (Å²) in [7, 11) is -3.69. The number of rotatable bonds is 4. The van der Waals surface area contributed by atoms with Crippen molar-refractivity contribution in [2.24, 2.45) is 0 Å². The smallest absolute Gasteiger partial charge is 0.343 e. The van der Waals surface area contributed by atoms with E-state index in [1.165, 1.54) is 16.4 Å². The Morgan fingerprint density at radius 2 is 1.57 bits per heavy atom. The molecule has 28 heavy (non-hydrogen) atoms. The molecule has 0 aromatic heterocycles. The largest absolute Gasteiger partial charge is 0.422 e. The van der Waals surface area contributed by atoms with Gasteiger partial charge >= 0.3 is 5.97 Å². The van der Waals surface area contributed by atoms with Gasteiger partial charge in [0.1, 0.15) is 5.75 Å². The van der Waals surface area contributed by atoms with E-state index >= 15 is 0 Å². The Morgan fingerprint density at radius 1 is 0.964 bits per heavy atom. The van der Waals surface area contributed by atoms with Gasteiger partial charge in [0.15, 0.2) is 0 Å². The number of carbonyl (C=O) groups excluding carboxylic acids is 1. The molecule has 1 aliphatic heterocycles. The molecule has 0 spiro atoms. The van der Waals surface area contributed by atoms with Gasteiger partial charge in [0.2, 0.25) is 10.0 Å². The molecule has 1 aliphatic rings. The van der Waals surface area contributed by atoms with Crippen molar-refractivity contribution >= 4 is 16.0 Å². The van der Waals surface area contributed by atoms with E-state index in [2.05, 4.69) is 0 Å². The number of aryl methyl sites for hydroxylation is 3. The van der Waals surface area contributed by atoms with Crippen molar-refractivity contribution < 1.29 is 22.7 Å². The lowest BCUT2D eigenvalue weighted by atomic mass is 10.0. The van der Waals surface area contributed by atoms with Crippen molar-refractivity contribution in [3.8, 4) is 5.75 Å². The Kier molecular flexibility index (Phi) is 5.88. The Hall–Kier alpha value is -2.22. The highest BCUT2D eigenvalue weighted by Gasteiger charge is 2.28. The molecule has 0 radical (unpaired) electrons. The van der Waals surface area contributed by atoms with E-state index in [1.807, 2.05) is 32.9 Å². The molecule has 0 bridgehead atoms. The maximum Gasteiger partial charge on any atom is 0.343 e. The second kappa shape index (κ2) is 8.03. The molecule has 0 N–H and O–H groups in total. The van der Waals surface area contributed by atoms with Crippen LogP contribution in [0.3, 0.4) is 0 Å². The summed E-state index contributed by atoms with van der Waals surface area (Å²) in [5, 5.41) is 0. The van der Waals surface area contributed by atoms with Gasteiger partial charge in [-0.05, 0) is 62.1 Å². The van der Waals surface area contributed by atoms with Crippen LogP contribution in [0.25, 0.3) is 0 Å². The Balaban J connectivity index is 1.94. The van der Waals surface area contributed by atoms with Gasteiger partial charge in [0, 0.05) is 13.1 Å². The van der Waals surface area contributed by atoms with E-state index < -0.39 is 16.0 Å². The molecule has 0 aliphatic carbocycles. The van der Waals surface area contributed by atoms with E-state index in [4.69, 9.17) is 9.47 Å². The van der Waals surface area contributed by atoms with Crippen LogP contribution in [0.1, 0.15) is 32.6 Å². The molecule has 3 rings (SSSR count). The van der Waals surface area contributed by atoms with E-state index in [1.54, 1.807) is 13.0 Å². The molecular weight excluding hydrogens is 378 g/mol. The summed E-state index contributed by atoms with van der Waals surface area (Å²) in [5.74, 6) is -0.0424. The predicted molar refractivity (Wildman–Crippen MR) is 106 cm³/mol. The second-order valence-electron chi connectivity index (χ2n) is 7.04. The van der Waals surface area contributed by atoms with E-state index in [9.17, 15) is 13.2 Å². The van der Waals surface area contributed by atoms with Crippen molar-refractivity contribution in [3.05, 3.63) is 58.1 Å². The minimum Gasteiger partial charge on any atom is -0.422 e. The van der Waals surface area contributed by atoms with Gasteiger partial charge in [-0.1, -0.05) is 18.2 Å². The lowest BCUT2D eigenvalue weighted by Gasteiger charge is -2.26. The third kappa shape index (κ3) is 3.97. The van der Waals surface area contributed by atoms with Gasteiger partial charge in [-0.2, -0.15) is 4.31 Å². The molecule has 1 saturated heterocycles. The average molecular weight is 404 g/mol. The summed E-state index contributed by atoms with van der Waals surface area (Å²) < 4.78 is 38.1. The van der Waals surface area contributed by atoms with Gasteiger partial charge in [0.25, 0.3) is 0 Å². The standard InChI is InChI=1S/C21H25NO5S/c1-14-5-6-16(3)20(17(14)4)27-21(23)19-13-18(8-7-15(19)2)28(24,25)22-9-11-26-12-10-22/h5-8,13H,9-12H2,1-4H3. The van der Waals surface area contributed by atoms with E-state index in [-0.39, 0.29) is 10.5 Å². The van der Waals surface area contributed by atoms with Crippen molar-refractivity contribution in [2.75, 3.05) is 26.3 Å². The Morgan fingerprint density at radius 3 is 2.25 bits per heavy atom. The van der Waals surface area contributed by atoms with Crippen molar-refractivity contribution in [3.63, 3.8) is 0 Å². The first-order valence-electron chi connectivity index (χ1n) is 9.19. The van der Waals surface area contributed by atoms with Crippen LogP contribution in [-0.2, 0) is 14.8 Å². The number of benzene rings is 2. The molecule has 0 unspecified atom stereocenters. The molecule has 1 fully saturated rings. The molecular formula is C21H25NO5S. The van der Waals surface area contributed by atoms with Gasteiger partial charge in [-0.15, -0.1) is 0 Å². The summed E-state index contributed by atoms with van der Waals surface area (Å²) in [5.41, 5.74) is 3.67. The number of morpholine rings is 1. The summed E-state index contributed by atoms with van der Waals surface area (Å²) in [6.45, 7) is 8.83. The zero-order valence-electron chi connectivity index (χ0n) is 16.6. The fourth-order valence-electron chi connectivity index (χ4n) is 3.15. The number of hydrogen-bond donors (Lipinski definition) is 0. The molecule has 150 valence electrons. The highest BCUT2D eigenvalue weighted by atomic mass is 32.2. The minimum atomic E-state index is -3.69. The average Bonchev–Trinajstić information content (AvgIpc) is 2.69. The van der Waals surface area contributed by atoms with Crippen LogP contribution in [-0.4, -0.2) is 45.0 Å². The molecule has 0 saturated carbocycles. The number of hydrogen-bond acceptors (Lipinski definition) is 5. The zero-order chi connectivity index (χ0) is 20.5. The van der Waals surface area contributed by atoms with Crippen LogP contribution in [0.4, 0.5) is 0 Å². The number of carbonyl (C=O) groups is 1. The molecule has 2 aromatic rings. The Labute approximate surface area is 166 Å². The first-order valence-corrected chi connectivity index (χ1v) is 10.6. The Bertz CT molecular complexity index is 1010. The summed E-state index contributed by atoms with van der Waals surface area (Å²) >= 11 is 0. The van der Waals surface area contributed by atoms with Crippen molar-refractivity contribution in [1.29, 1.82) is 0 Å². The van der Waals surface area contributed by atoms with Crippen LogP contribution < -0.4 is 4.74 Å². The number of ether oxygens (including phenoxy) is 2. The molecule has 2 aromatic carbocycles. The third-order valence-corrected chi connectivity index (χ3v) is 7.00. The highest BCUT2D eigenvalue weighted by Crippen LogP contribution is 2.28. The molecule has 0 atom stereocenters. The number of nitrogens with zero attached hydrogens (tertiary/aromatic N) is 1. The van der Waals surface area contributed by atoms with Crippen molar-refractivity contribution in [1.82, 2.24) is 4.31 Å². The lowest BCUT2D eigenvalue weighted by molar-refractivity contribution is 0.0726.